The quantitative estimate of drug-likeness (QED) is 0.719. The number of hydrogen-bond donors (Lipinski definition) is 0. The lowest BCUT2D eigenvalue weighted by atomic mass is 10.1. The van der Waals surface area contributed by atoms with Crippen LogP contribution in [0.25, 0.3) is 0 Å². The lowest BCUT2D eigenvalue weighted by Gasteiger charge is -2.15. The first-order chi connectivity index (χ1) is 6.56. The highest BCUT2D eigenvalue weighted by atomic mass is 15.0. The van der Waals surface area contributed by atoms with Crippen LogP contribution in [0, 0.1) is 17.2 Å². The molecule has 0 fully saturated rings. The van der Waals surface area contributed by atoms with Crippen LogP contribution >= 0.6 is 0 Å². The Balaban J connectivity index is 3.06. The largest absolute Gasteiger partial charge is 0.334 e. The second-order valence-electron chi connectivity index (χ2n) is 4.38. The van der Waals surface area contributed by atoms with E-state index in [1.807, 2.05) is 6.07 Å². The standard InChI is InChI=1S/C12H18N2/c1-9(2)7-11-5-6-12(8-13)14(11)10(3)4/h5-6,9-10H,7H2,1-4H3. The van der Waals surface area contributed by atoms with Crippen molar-refractivity contribution in [3.63, 3.8) is 0 Å². The monoisotopic (exact) mass is 190 g/mol. The summed E-state index contributed by atoms with van der Waals surface area (Å²) in [5.74, 6) is 0.633. The lowest BCUT2D eigenvalue weighted by Crippen LogP contribution is -2.09. The minimum atomic E-state index is 0.369. The number of aromatic nitrogens is 1. The van der Waals surface area contributed by atoms with E-state index < -0.39 is 0 Å². The van der Waals surface area contributed by atoms with E-state index >= 15 is 0 Å². The molecule has 0 aliphatic heterocycles. The molecule has 0 radical (unpaired) electrons. The Labute approximate surface area is 86.2 Å². The topological polar surface area (TPSA) is 28.7 Å². The fraction of sp³-hybridized carbons (Fsp3) is 0.583. The number of hydrogen-bond acceptors (Lipinski definition) is 1. The van der Waals surface area contributed by atoms with Crippen LogP contribution < -0.4 is 0 Å². The normalized spacial score (nSPS) is 10.9. The van der Waals surface area contributed by atoms with Crippen molar-refractivity contribution in [1.29, 1.82) is 5.26 Å². The van der Waals surface area contributed by atoms with Gasteiger partial charge in [-0.1, -0.05) is 13.8 Å². The first-order valence-electron chi connectivity index (χ1n) is 5.16. The van der Waals surface area contributed by atoms with Crippen molar-refractivity contribution in [2.75, 3.05) is 0 Å². The molecule has 0 N–H and O–H groups in total. The highest BCUT2D eigenvalue weighted by molar-refractivity contribution is 5.28. The minimum absolute atomic E-state index is 0.369. The Morgan fingerprint density at radius 2 is 1.93 bits per heavy atom. The summed E-state index contributed by atoms with van der Waals surface area (Å²) in [6.07, 6.45) is 1.04. The van der Waals surface area contributed by atoms with Gasteiger partial charge in [0.1, 0.15) is 11.8 Å². The Hall–Kier alpha value is -1.23. The van der Waals surface area contributed by atoms with Crippen LogP contribution in [-0.2, 0) is 6.42 Å². The van der Waals surface area contributed by atoms with Crippen molar-refractivity contribution < 1.29 is 0 Å². The van der Waals surface area contributed by atoms with Crippen molar-refractivity contribution >= 4 is 0 Å². The molecule has 0 atom stereocenters. The van der Waals surface area contributed by atoms with Gasteiger partial charge in [-0.2, -0.15) is 5.26 Å². The van der Waals surface area contributed by atoms with E-state index in [4.69, 9.17) is 5.26 Å². The molecule has 2 heteroatoms. The molecule has 0 aliphatic carbocycles. The molecule has 0 aromatic carbocycles. The number of nitriles is 1. The maximum atomic E-state index is 8.94. The lowest BCUT2D eigenvalue weighted by molar-refractivity contribution is 0.536. The fourth-order valence-corrected chi connectivity index (χ4v) is 1.78. The van der Waals surface area contributed by atoms with Crippen molar-refractivity contribution in [3.05, 3.63) is 23.5 Å². The average Bonchev–Trinajstić information content (AvgIpc) is 2.46. The first-order valence-corrected chi connectivity index (χ1v) is 5.16. The van der Waals surface area contributed by atoms with Gasteiger partial charge >= 0.3 is 0 Å². The van der Waals surface area contributed by atoms with Gasteiger partial charge in [0.05, 0.1) is 0 Å². The van der Waals surface area contributed by atoms with Crippen molar-refractivity contribution in [2.24, 2.45) is 5.92 Å². The van der Waals surface area contributed by atoms with Crippen LogP contribution in [0.4, 0.5) is 0 Å². The van der Waals surface area contributed by atoms with Crippen molar-refractivity contribution in [3.8, 4) is 6.07 Å². The van der Waals surface area contributed by atoms with Crippen molar-refractivity contribution in [1.82, 2.24) is 4.57 Å². The van der Waals surface area contributed by atoms with E-state index in [1.54, 1.807) is 0 Å². The molecule has 14 heavy (non-hydrogen) atoms. The minimum Gasteiger partial charge on any atom is -0.334 e. The number of rotatable bonds is 3. The molecule has 0 bridgehead atoms. The molecule has 0 aliphatic rings. The molecule has 1 aromatic rings. The molecule has 0 saturated heterocycles. The zero-order chi connectivity index (χ0) is 10.7. The summed E-state index contributed by atoms with van der Waals surface area (Å²) in [4.78, 5) is 0. The molecule has 1 aromatic heterocycles. The number of nitrogens with zero attached hydrogens (tertiary/aromatic N) is 2. The van der Waals surface area contributed by atoms with Crippen LogP contribution in [0.5, 0.6) is 0 Å². The Kier molecular flexibility index (Phi) is 3.35. The van der Waals surface area contributed by atoms with Crippen LogP contribution in [0.2, 0.25) is 0 Å². The van der Waals surface area contributed by atoms with E-state index in [9.17, 15) is 0 Å². The SMILES string of the molecule is CC(C)Cc1ccc(C#N)n1C(C)C. The summed E-state index contributed by atoms with van der Waals surface area (Å²) in [5, 5.41) is 8.94. The second kappa shape index (κ2) is 4.32. The molecule has 0 saturated carbocycles. The van der Waals surface area contributed by atoms with E-state index in [0.717, 1.165) is 12.1 Å². The summed E-state index contributed by atoms with van der Waals surface area (Å²) in [5.41, 5.74) is 2.04. The highest BCUT2D eigenvalue weighted by Crippen LogP contribution is 2.18. The summed E-state index contributed by atoms with van der Waals surface area (Å²) < 4.78 is 2.12. The van der Waals surface area contributed by atoms with Gasteiger partial charge < -0.3 is 4.57 Å². The van der Waals surface area contributed by atoms with E-state index in [1.165, 1.54) is 5.69 Å². The molecule has 2 nitrogen and oxygen atoms in total. The van der Waals surface area contributed by atoms with Gasteiger partial charge in [-0.25, -0.2) is 0 Å². The molecule has 0 spiro atoms. The summed E-state index contributed by atoms with van der Waals surface area (Å²) in [7, 11) is 0. The Morgan fingerprint density at radius 3 is 2.36 bits per heavy atom. The van der Waals surface area contributed by atoms with Crippen LogP contribution in [-0.4, -0.2) is 4.57 Å². The van der Waals surface area contributed by atoms with Crippen LogP contribution in [0.3, 0.4) is 0 Å². The van der Waals surface area contributed by atoms with Gasteiger partial charge in [0.25, 0.3) is 0 Å². The first kappa shape index (κ1) is 10.8. The summed E-state index contributed by atoms with van der Waals surface area (Å²) >= 11 is 0. The van der Waals surface area contributed by atoms with Gasteiger partial charge in [0.15, 0.2) is 0 Å². The summed E-state index contributed by atoms with van der Waals surface area (Å²) in [6.45, 7) is 8.63. The zero-order valence-electron chi connectivity index (χ0n) is 9.41. The van der Waals surface area contributed by atoms with E-state index in [2.05, 4.69) is 44.4 Å². The zero-order valence-corrected chi connectivity index (χ0v) is 9.41. The maximum Gasteiger partial charge on any atom is 0.120 e. The smallest absolute Gasteiger partial charge is 0.120 e. The van der Waals surface area contributed by atoms with E-state index in [0.29, 0.717) is 12.0 Å². The predicted octanol–water partition coefficient (Wildman–Crippen LogP) is 3.14. The van der Waals surface area contributed by atoms with Crippen molar-refractivity contribution in [2.45, 2.75) is 40.2 Å². The third-order valence-corrected chi connectivity index (χ3v) is 2.25. The molecular formula is C12H18N2. The molecule has 0 amide bonds. The molecule has 1 heterocycles. The highest BCUT2D eigenvalue weighted by Gasteiger charge is 2.11. The molecule has 0 unspecified atom stereocenters. The fourth-order valence-electron chi connectivity index (χ4n) is 1.78. The van der Waals surface area contributed by atoms with E-state index in [-0.39, 0.29) is 0 Å². The van der Waals surface area contributed by atoms with Gasteiger partial charge in [-0.3, -0.25) is 0 Å². The van der Waals surface area contributed by atoms with Crippen LogP contribution in [0.15, 0.2) is 12.1 Å². The molecule has 1 rings (SSSR count). The van der Waals surface area contributed by atoms with Gasteiger partial charge in [0.2, 0.25) is 0 Å². The molecular weight excluding hydrogens is 172 g/mol. The second-order valence-corrected chi connectivity index (χ2v) is 4.38. The van der Waals surface area contributed by atoms with Gasteiger partial charge in [-0.05, 0) is 38.3 Å². The third kappa shape index (κ3) is 2.17. The third-order valence-electron chi connectivity index (χ3n) is 2.25. The maximum absolute atomic E-state index is 8.94. The van der Waals surface area contributed by atoms with Crippen LogP contribution in [0.1, 0.15) is 45.1 Å². The van der Waals surface area contributed by atoms with Gasteiger partial charge in [0, 0.05) is 11.7 Å². The summed E-state index contributed by atoms with van der Waals surface area (Å²) in [6, 6.07) is 6.58. The molecule has 76 valence electrons. The Morgan fingerprint density at radius 1 is 1.29 bits per heavy atom. The van der Waals surface area contributed by atoms with Gasteiger partial charge in [-0.15, -0.1) is 0 Å². The average molecular weight is 190 g/mol. The predicted molar refractivity (Wildman–Crippen MR) is 58.1 cm³/mol. The Bertz CT molecular complexity index is 340.